The Balaban J connectivity index is 1.95. The molecule has 1 atom stereocenters. The number of hydrogen-bond donors (Lipinski definition) is 1. The van der Waals surface area contributed by atoms with Gasteiger partial charge in [-0.15, -0.1) is 0 Å². The van der Waals surface area contributed by atoms with Gasteiger partial charge in [0.15, 0.2) is 0 Å². The fourth-order valence-electron chi connectivity index (χ4n) is 3.96. The van der Waals surface area contributed by atoms with Gasteiger partial charge in [0.05, 0.1) is 0 Å². The van der Waals surface area contributed by atoms with Gasteiger partial charge in [0.1, 0.15) is 11.6 Å². The molecule has 150 valence electrons. The molecular weight excluding hydrogens is 382 g/mol. The number of carbonyl (C=O) groups is 1. The molecule has 29 heavy (non-hydrogen) atoms. The summed E-state index contributed by atoms with van der Waals surface area (Å²) in [4.78, 5) is 14.9. The van der Waals surface area contributed by atoms with Crippen LogP contribution in [0, 0.1) is 18.3 Å². The fraction of sp³-hybridized carbons (Fsp3) is 0.333. The number of benzene rings is 2. The number of rotatable bonds is 3. The summed E-state index contributed by atoms with van der Waals surface area (Å²) in [6.45, 7) is 8.75. The molecule has 2 aromatic carbocycles. The molecule has 0 saturated heterocycles. The highest BCUT2D eigenvalue weighted by atomic mass is 35.5. The van der Waals surface area contributed by atoms with Crippen LogP contribution in [-0.4, -0.2) is 18.5 Å². The van der Waals surface area contributed by atoms with E-state index < -0.39 is 5.91 Å². The van der Waals surface area contributed by atoms with Gasteiger partial charge in [-0.3, -0.25) is 4.79 Å². The van der Waals surface area contributed by atoms with Crippen molar-refractivity contribution in [2.24, 2.45) is 0 Å². The maximum atomic E-state index is 12.6. The molecule has 1 unspecified atom stereocenters. The van der Waals surface area contributed by atoms with E-state index in [0.717, 1.165) is 17.5 Å². The summed E-state index contributed by atoms with van der Waals surface area (Å²) in [5.74, 6) is -0.0482. The summed E-state index contributed by atoms with van der Waals surface area (Å²) < 4.78 is 0. The van der Waals surface area contributed by atoms with Gasteiger partial charge >= 0.3 is 0 Å². The Labute approximate surface area is 177 Å². The van der Waals surface area contributed by atoms with Gasteiger partial charge in [-0.2, -0.15) is 5.26 Å². The second kappa shape index (κ2) is 7.93. The zero-order chi connectivity index (χ0) is 21.3. The molecule has 4 nitrogen and oxygen atoms in total. The van der Waals surface area contributed by atoms with E-state index in [4.69, 9.17) is 11.6 Å². The fourth-order valence-corrected chi connectivity index (χ4v) is 4.15. The van der Waals surface area contributed by atoms with Crippen molar-refractivity contribution < 1.29 is 4.79 Å². The maximum Gasteiger partial charge on any atom is 0.266 e. The standard InChI is InChI=1S/C24H26ClN3O/c1-15-9-22-21(16(2)13-24(3,4)28(22)5)11-17(15)10-18(14-26)23(29)27-20-8-6-7-19(25)12-20/h6-12,16H,13H2,1-5H3,(H,27,29)/b18-10-. The number of hydrogen-bond acceptors (Lipinski definition) is 3. The predicted molar refractivity (Wildman–Crippen MR) is 120 cm³/mol. The molecule has 0 radical (unpaired) electrons. The molecule has 0 bridgehead atoms. The molecule has 0 fully saturated rings. The maximum absolute atomic E-state index is 12.6. The summed E-state index contributed by atoms with van der Waals surface area (Å²) >= 11 is 5.97. The van der Waals surface area contributed by atoms with Crippen LogP contribution in [0.15, 0.2) is 42.0 Å². The number of nitrogens with one attached hydrogen (secondary N) is 1. The van der Waals surface area contributed by atoms with E-state index in [2.05, 4.69) is 50.2 Å². The first-order valence-corrected chi connectivity index (χ1v) is 10.1. The van der Waals surface area contributed by atoms with E-state index in [9.17, 15) is 10.1 Å². The molecule has 1 N–H and O–H groups in total. The van der Waals surface area contributed by atoms with E-state index in [0.29, 0.717) is 16.6 Å². The van der Waals surface area contributed by atoms with E-state index in [1.807, 2.05) is 13.0 Å². The average Bonchev–Trinajstić information content (AvgIpc) is 2.64. The van der Waals surface area contributed by atoms with Gasteiger partial charge in [-0.1, -0.05) is 24.6 Å². The van der Waals surface area contributed by atoms with Crippen LogP contribution in [0.25, 0.3) is 6.08 Å². The van der Waals surface area contributed by atoms with Gasteiger partial charge in [0.2, 0.25) is 0 Å². The largest absolute Gasteiger partial charge is 0.369 e. The van der Waals surface area contributed by atoms with E-state index in [1.165, 1.54) is 11.3 Å². The molecular formula is C24H26ClN3O. The summed E-state index contributed by atoms with van der Waals surface area (Å²) in [7, 11) is 2.12. The Morgan fingerprint density at radius 3 is 2.72 bits per heavy atom. The third-order valence-electron chi connectivity index (χ3n) is 5.77. The van der Waals surface area contributed by atoms with Crippen LogP contribution >= 0.6 is 11.6 Å². The van der Waals surface area contributed by atoms with Crippen LogP contribution in [0.4, 0.5) is 11.4 Å². The van der Waals surface area contributed by atoms with Crippen LogP contribution in [0.1, 0.15) is 49.8 Å². The minimum atomic E-state index is -0.446. The molecule has 1 heterocycles. The highest BCUT2D eigenvalue weighted by Gasteiger charge is 2.34. The molecule has 2 aromatic rings. The third-order valence-corrected chi connectivity index (χ3v) is 6.00. The second-order valence-corrected chi connectivity index (χ2v) is 8.81. The Bertz CT molecular complexity index is 1030. The Morgan fingerprint density at radius 2 is 2.07 bits per heavy atom. The number of halogens is 1. The first-order chi connectivity index (χ1) is 13.6. The Kier molecular flexibility index (Phi) is 5.73. The topological polar surface area (TPSA) is 56.1 Å². The summed E-state index contributed by atoms with van der Waals surface area (Å²) in [6, 6.07) is 13.2. The van der Waals surface area contributed by atoms with Gasteiger partial charge in [-0.25, -0.2) is 0 Å². The van der Waals surface area contributed by atoms with Crippen molar-refractivity contribution in [3.05, 3.63) is 63.7 Å². The lowest BCUT2D eigenvalue weighted by Crippen LogP contribution is -2.45. The normalized spacial score (nSPS) is 18.0. The Morgan fingerprint density at radius 1 is 1.34 bits per heavy atom. The van der Waals surface area contributed by atoms with E-state index >= 15 is 0 Å². The monoisotopic (exact) mass is 407 g/mol. The van der Waals surface area contributed by atoms with Crippen LogP contribution in [0.5, 0.6) is 0 Å². The van der Waals surface area contributed by atoms with Crippen LogP contribution < -0.4 is 10.2 Å². The van der Waals surface area contributed by atoms with Crippen molar-refractivity contribution in [1.82, 2.24) is 0 Å². The van der Waals surface area contributed by atoms with Crippen molar-refractivity contribution in [2.45, 2.75) is 45.6 Å². The molecule has 1 amide bonds. The average molecular weight is 408 g/mol. The summed E-state index contributed by atoms with van der Waals surface area (Å²) in [5, 5.41) is 12.8. The Hall–Kier alpha value is -2.77. The first kappa shape index (κ1) is 21.0. The highest BCUT2D eigenvalue weighted by Crippen LogP contribution is 2.43. The number of amides is 1. The minimum absolute atomic E-state index is 0.0603. The molecule has 0 saturated carbocycles. The van der Waals surface area contributed by atoms with Gasteiger partial charge in [0.25, 0.3) is 5.91 Å². The number of carbonyl (C=O) groups excluding carboxylic acids is 1. The summed E-state index contributed by atoms with van der Waals surface area (Å²) in [5.41, 5.74) is 5.09. The van der Waals surface area contributed by atoms with Crippen molar-refractivity contribution in [2.75, 3.05) is 17.3 Å². The minimum Gasteiger partial charge on any atom is -0.369 e. The molecule has 0 aromatic heterocycles. The zero-order valence-electron chi connectivity index (χ0n) is 17.5. The van der Waals surface area contributed by atoms with E-state index in [1.54, 1.807) is 30.3 Å². The van der Waals surface area contributed by atoms with Gasteiger partial charge in [-0.05, 0) is 86.2 Å². The van der Waals surface area contributed by atoms with Gasteiger partial charge < -0.3 is 10.2 Å². The van der Waals surface area contributed by atoms with E-state index in [-0.39, 0.29) is 11.1 Å². The third kappa shape index (κ3) is 4.31. The lowest BCUT2D eigenvalue weighted by Gasteiger charge is -2.45. The number of nitrogens with zero attached hydrogens (tertiary/aromatic N) is 2. The molecule has 5 heteroatoms. The van der Waals surface area contributed by atoms with Crippen LogP contribution in [-0.2, 0) is 4.79 Å². The lowest BCUT2D eigenvalue weighted by molar-refractivity contribution is -0.112. The molecule has 1 aliphatic heterocycles. The quantitative estimate of drug-likeness (QED) is 0.507. The molecule has 0 spiro atoms. The van der Waals surface area contributed by atoms with Crippen molar-refractivity contribution in [3.63, 3.8) is 0 Å². The zero-order valence-corrected chi connectivity index (χ0v) is 18.3. The smallest absolute Gasteiger partial charge is 0.266 e. The summed E-state index contributed by atoms with van der Waals surface area (Å²) in [6.07, 6.45) is 2.71. The SMILES string of the molecule is Cc1cc2c(cc1/C=C(/C#N)C(=O)Nc1cccc(Cl)c1)C(C)CC(C)(C)N2C. The van der Waals surface area contributed by atoms with Crippen molar-refractivity contribution >= 4 is 35.0 Å². The second-order valence-electron chi connectivity index (χ2n) is 8.38. The number of anilines is 2. The number of aryl methyl sites for hydroxylation is 1. The van der Waals surface area contributed by atoms with Crippen LogP contribution in [0.3, 0.4) is 0 Å². The number of nitriles is 1. The molecule has 0 aliphatic carbocycles. The first-order valence-electron chi connectivity index (χ1n) is 9.69. The van der Waals surface area contributed by atoms with Crippen molar-refractivity contribution in [3.8, 4) is 6.07 Å². The lowest BCUT2D eigenvalue weighted by atomic mass is 9.79. The molecule has 1 aliphatic rings. The number of fused-ring (bicyclic) bond motifs is 1. The van der Waals surface area contributed by atoms with Crippen molar-refractivity contribution in [1.29, 1.82) is 5.26 Å². The highest BCUT2D eigenvalue weighted by molar-refractivity contribution is 6.31. The van der Waals surface area contributed by atoms with Gasteiger partial charge in [0, 0.05) is 29.0 Å². The predicted octanol–water partition coefficient (Wildman–Crippen LogP) is 5.92. The molecule has 3 rings (SSSR count). The van der Waals surface area contributed by atoms with Crippen LogP contribution in [0.2, 0.25) is 5.02 Å².